The molecule has 0 amide bonds. The van der Waals surface area contributed by atoms with Gasteiger partial charge in [-0.2, -0.15) is 0 Å². The first kappa shape index (κ1) is 12.8. The Morgan fingerprint density at radius 3 is 2.63 bits per heavy atom. The molecule has 0 aromatic heterocycles. The molecule has 0 bridgehead atoms. The molecule has 0 saturated heterocycles. The van der Waals surface area contributed by atoms with Crippen LogP contribution < -0.4 is 9.47 Å². The zero-order chi connectivity index (χ0) is 13.5. The zero-order valence-corrected chi connectivity index (χ0v) is 11.7. The maximum Gasteiger partial charge on any atom is 0.161 e. The minimum Gasteiger partial charge on any atom is -0.486 e. The van der Waals surface area contributed by atoms with Crippen molar-refractivity contribution in [2.45, 2.75) is 38.7 Å². The Kier molecular flexibility index (Phi) is 3.17. The lowest BCUT2D eigenvalue weighted by Gasteiger charge is -2.41. The lowest BCUT2D eigenvalue weighted by Crippen LogP contribution is -2.39. The van der Waals surface area contributed by atoms with Crippen LogP contribution in [0.4, 0.5) is 0 Å². The number of fused-ring (bicyclic) bond motifs is 1. The van der Waals surface area contributed by atoms with Crippen LogP contribution in [0.1, 0.15) is 38.7 Å². The summed E-state index contributed by atoms with van der Waals surface area (Å²) in [5.74, 6) is 2.40. The Balaban J connectivity index is 1.96. The topological polar surface area (TPSA) is 38.7 Å². The molecule has 0 spiro atoms. The molecule has 1 aliphatic heterocycles. The van der Waals surface area contributed by atoms with Crippen molar-refractivity contribution in [1.29, 1.82) is 0 Å². The van der Waals surface area contributed by atoms with Crippen LogP contribution in [0.25, 0.3) is 0 Å². The summed E-state index contributed by atoms with van der Waals surface area (Å²) in [5.41, 5.74) is 0.240. The van der Waals surface area contributed by atoms with Gasteiger partial charge in [0.25, 0.3) is 0 Å². The number of hydrogen-bond acceptors (Lipinski definition) is 3. The molecule has 3 atom stereocenters. The van der Waals surface area contributed by atoms with Crippen molar-refractivity contribution in [3.8, 4) is 11.5 Å². The summed E-state index contributed by atoms with van der Waals surface area (Å²) in [5, 5.41) is 11.1. The molecule has 1 fully saturated rings. The second kappa shape index (κ2) is 4.71. The van der Waals surface area contributed by atoms with Crippen molar-refractivity contribution in [1.82, 2.24) is 0 Å². The maximum absolute atomic E-state index is 11.1. The predicted octanol–water partition coefficient (Wildman–Crippen LogP) is 3.10. The van der Waals surface area contributed by atoms with Gasteiger partial charge in [-0.15, -0.1) is 0 Å². The van der Waals surface area contributed by atoms with Gasteiger partial charge >= 0.3 is 0 Å². The standard InChI is InChI=1S/C16H22O3/c1-11-3-4-12(2)16(17,10-11)13-5-6-14-15(9-13)19-8-7-18-14/h5-6,9,11-12,17H,3-4,7-8,10H2,1-2H3. The minimum absolute atomic E-state index is 0.284. The lowest BCUT2D eigenvalue weighted by molar-refractivity contribution is -0.0629. The Morgan fingerprint density at radius 1 is 1.11 bits per heavy atom. The van der Waals surface area contributed by atoms with Gasteiger partial charge in [-0.1, -0.05) is 26.3 Å². The molecular formula is C16H22O3. The van der Waals surface area contributed by atoms with E-state index < -0.39 is 5.60 Å². The van der Waals surface area contributed by atoms with Crippen LogP contribution in [0.3, 0.4) is 0 Å². The van der Waals surface area contributed by atoms with Crippen molar-refractivity contribution < 1.29 is 14.6 Å². The van der Waals surface area contributed by atoms with Gasteiger partial charge in [0.1, 0.15) is 13.2 Å². The maximum atomic E-state index is 11.1. The number of aliphatic hydroxyl groups is 1. The first-order valence-corrected chi connectivity index (χ1v) is 7.22. The summed E-state index contributed by atoms with van der Waals surface area (Å²) in [6.45, 7) is 5.54. The highest BCUT2D eigenvalue weighted by Gasteiger charge is 2.40. The fourth-order valence-corrected chi connectivity index (χ4v) is 3.32. The van der Waals surface area contributed by atoms with Crippen molar-refractivity contribution >= 4 is 0 Å². The smallest absolute Gasteiger partial charge is 0.161 e. The van der Waals surface area contributed by atoms with E-state index in [-0.39, 0.29) is 5.92 Å². The zero-order valence-electron chi connectivity index (χ0n) is 11.7. The number of ether oxygens (including phenoxy) is 2. The average Bonchev–Trinajstić information content (AvgIpc) is 2.43. The van der Waals surface area contributed by atoms with Crippen LogP contribution in [0.2, 0.25) is 0 Å². The molecule has 1 saturated carbocycles. The third-order valence-electron chi connectivity index (χ3n) is 4.61. The molecule has 1 aromatic carbocycles. The van der Waals surface area contributed by atoms with Gasteiger partial charge in [-0.25, -0.2) is 0 Å². The number of benzene rings is 1. The van der Waals surface area contributed by atoms with Gasteiger partial charge < -0.3 is 14.6 Å². The molecule has 1 aromatic rings. The molecular weight excluding hydrogens is 240 g/mol. The molecule has 19 heavy (non-hydrogen) atoms. The van der Waals surface area contributed by atoms with E-state index in [1.165, 1.54) is 6.42 Å². The Bertz CT molecular complexity index is 471. The van der Waals surface area contributed by atoms with E-state index in [0.29, 0.717) is 19.1 Å². The van der Waals surface area contributed by atoms with E-state index in [9.17, 15) is 5.11 Å². The molecule has 1 N–H and O–H groups in total. The molecule has 0 radical (unpaired) electrons. The highest BCUT2D eigenvalue weighted by atomic mass is 16.6. The molecule has 3 unspecified atom stereocenters. The molecule has 3 rings (SSSR count). The van der Waals surface area contributed by atoms with Crippen LogP contribution in [0, 0.1) is 11.8 Å². The SMILES string of the molecule is CC1CCC(C)C(O)(c2ccc3c(c2)OCCO3)C1. The molecule has 104 valence electrons. The highest BCUT2D eigenvalue weighted by Crippen LogP contribution is 2.45. The summed E-state index contributed by atoms with van der Waals surface area (Å²) in [6.07, 6.45) is 3.11. The van der Waals surface area contributed by atoms with Crippen LogP contribution in [0.5, 0.6) is 11.5 Å². The second-order valence-electron chi connectivity index (χ2n) is 6.07. The summed E-state index contributed by atoms with van der Waals surface area (Å²) in [6, 6.07) is 5.87. The van der Waals surface area contributed by atoms with Gasteiger partial charge in [-0.05, 0) is 42.4 Å². The highest BCUT2D eigenvalue weighted by molar-refractivity contribution is 5.45. The van der Waals surface area contributed by atoms with Crippen LogP contribution >= 0.6 is 0 Å². The van der Waals surface area contributed by atoms with Crippen molar-refractivity contribution in [3.05, 3.63) is 23.8 Å². The van der Waals surface area contributed by atoms with E-state index >= 15 is 0 Å². The van der Waals surface area contributed by atoms with Gasteiger partial charge in [0.2, 0.25) is 0 Å². The largest absolute Gasteiger partial charge is 0.486 e. The molecule has 2 aliphatic rings. The Hall–Kier alpha value is -1.22. The first-order chi connectivity index (χ1) is 9.09. The second-order valence-corrected chi connectivity index (χ2v) is 6.07. The van der Waals surface area contributed by atoms with E-state index in [1.54, 1.807) is 0 Å². The van der Waals surface area contributed by atoms with Crippen molar-refractivity contribution in [2.24, 2.45) is 11.8 Å². The number of hydrogen-bond donors (Lipinski definition) is 1. The first-order valence-electron chi connectivity index (χ1n) is 7.22. The predicted molar refractivity (Wildman–Crippen MR) is 73.5 cm³/mol. The lowest BCUT2D eigenvalue weighted by atomic mass is 9.69. The average molecular weight is 262 g/mol. The molecule has 1 heterocycles. The van der Waals surface area contributed by atoms with E-state index in [0.717, 1.165) is 29.9 Å². The molecule has 1 aliphatic carbocycles. The number of rotatable bonds is 1. The van der Waals surface area contributed by atoms with Gasteiger partial charge in [0, 0.05) is 0 Å². The van der Waals surface area contributed by atoms with Gasteiger partial charge in [0.05, 0.1) is 5.60 Å². The Morgan fingerprint density at radius 2 is 1.84 bits per heavy atom. The van der Waals surface area contributed by atoms with Crippen molar-refractivity contribution in [3.63, 3.8) is 0 Å². The summed E-state index contributed by atoms with van der Waals surface area (Å²) >= 11 is 0. The van der Waals surface area contributed by atoms with Crippen molar-refractivity contribution in [2.75, 3.05) is 13.2 Å². The summed E-state index contributed by atoms with van der Waals surface area (Å²) < 4.78 is 11.2. The monoisotopic (exact) mass is 262 g/mol. The Labute approximate surface area is 114 Å². The van der Waals surface area contributed by atoms with E-state index in [1.807, 2.05) is 18.2 Å². The van der Waals surface area contributed by atoms with E-state index in [2.05, 4.69) is 13.8 Å². The van der Waals surface area contributed by atoms with Gasteiger partial charge in [0.15, 0.2) is 11.5 Å². The summed E-state index contributed by atoms with van der Waals surface area (Å²) in [4.78, 5) is 0. The quantitative estimate of drug-likeness (QED) is 0.845. The normalized spacial score (nSPS) is 34.1. The van der Waals surface area contributed by atoms with Gasteiger partial charge in [-0.3, -0.25) is 0 Å². The molecule has 3 nitrogen and oxygen atoms in total. The third kappa shape index (κ3) is 2.20. The van der Waals surface area contributed by atoms with Crippen LogP contribution in [-0.2, 0) is 5.60 Å². The fourth-order valence-electron chi connectivity index (χ4n) is 3.32. The van der Waals surface area contributed by atoms with E-state index in [4.69, 9.17) is 9.47 Å². The fraction of sp³-hybridized carbons (Fsp3) is 0.625. The minimum atomic E-state index is -0.729. The summed E-state index contributed by atoms with van der Waals surface area (Å²) in [7, 11) is 0. The van der Waals surface area contributed by atoms with Crippen LogP contribution in [0.15, 0.2) is 18.2 Å². The molecule has 3 heteroatoms. The third-order valence-corrected chi connectivity index (χ3v) is 4.61. The van der Waals surface area contributed by atoms with Crippen LogP contribution in [-0.4, -0.2) is 18.3 Å².